The first-order valence-electron chi connectivity index (χ1n) is 5.81. The number of carbonyl (C=O) groups excluding carboxylic acids is 1. The van der Waals surface area contributed by atoms with Crippen molar-refractivity contribution in [3.8, 4) is 0 Å². The van der Waals surface area contributed by atoms with Crippen LogP contribution in [0.2, 0.25) is 0 Å². The predicted octanol–water partition coefficient (Wildman–Crippen LogP) is 1.73. The smallest absolute Gasteiger partial charge is 0.251 e. The first-order chi connectivity index (χ1) is 8.06. The van der Waals surface area contributed by atoms with E-state index in [9.17, 15) is 4.79 Å². The van der Waals surface area contributed by atoms with Crippen molar-refractivity contribution in [2.45, 2.75) is 26.9 Å². The highest BCUT2D eigenvalue weighted by Crippen LogP contribution is 2.15. The Bertz CT molecular complexity index is 391. The van der Waals surface area contributed by atoms with Gasteiger partial charge in [0.15, 0.2) is 0 Å². The molecule has 4 nitrogen and oxygen atoms in total. The molecule has 1 unspecified atom stereocenters. The van der Waals surface area contributed by atoms with Gasteiger partial charge in [-0.05, 0) is 38.5 Å². The fraction of sp³-hybridized carbons (Fsp3) is 0.462. The van der Waals surface area contributed by atoms with Crippen molar-refractivity contribution >= 4 is 11.6 Å². The van der Waals surface area contributed by atoms with Gasteiger partial charge in [-0.2, -0.15) is 0 Å². The summed E-state index contributed by atoms with van der Waals surface area (Å²) in [5, 5.41) is 2.83. The van der Waals surface area contributed by atoms with Crippen LogP contribution < -0.4 is 11.1 Å². The van der Waals surface area contributed by atoms with Gasteiger partial charge in [0.05, 0.1) is 6.10 Å². The molecule has 0 radical (unpaired) electrons. The molecule has 0 aliphatic carbocycles. The quantitative estimate of drug-likeness (QED) is 0.765. The summed E-state index contributed by atoms with van der Waals surface area (Å²) >= 11 is 0. The number of nitrogens with one attached hydrogen (secondary N) is 1. The van der Waals surface area contributed by atoms with E-state index in [0.717, 1.165) is 5.56 Å². The van der Waals surface area contributed by atoms with E-state index in [-0.39, 0.29) is 12.0 Å². The van der Waals surface area contributed by atoms with Gasteiger partial charge in [0.2, 0.25) is 0 Å². The fourth-order valence-corrected chi connectivity index (χ4v) is 1.57. The first-order valence-corrected chi connectivity index (χ1v) is 5.81. The molecule has 0 aliphatic heterocycles. The van der Waals surface area contributed by atoms with Crippen LogP contribution in [0.1, 0.15) is 29.8 Å². The Hall–Kier alpha value is -1.55. The lowest BCUT2D eigenvalue weighted by molar-refractivity contribution is 0.0695. The third-order valence-electron chi connectivity index (χ3n) is 2.62. The Kier molecular flexibility index (Phi) is 4.97. The molecule has 4 heteroatoms. The van der Waals surface area contributed by atoms with Crippen LogP contribution in [0, 0.1) is 6.92 Å². The minimum atomic E-state index is -0.110. The van der Waals surface area contributed by atoms with Gasteiger partial charge in [0.25, 0.3) is 5.91 Å². The monoisotopic (exact) mass is 236 g/mol. The Balaban J connectivity index is 2.61. The van der Waals surface area contributed by atoms with Crippen molar-refractivity contribution in [3.05, 3.63) is 29.3 Å². The van der Waals surface area contributed by atoms with Gasteiger partial charge in [-0.3, -0.25) is 4.79 Å². The van der Waals surface area contributed by atoms with E-state index in [1.54, 1.807) is 18.2 Å². The van der Waals surface area contributed by atoms with Crippen molar-refractivity contribution in [2.75, 3.05) is 18.9 Å². The van der Waals surface area contributed by atoms with Crippen LogP contribution in [-0.2, 0) is 4.74 Å². The summed E-state index contributed by atoms with van der Waals surface area (Å²) in [6, 6.07) is 5.34. The maximum absolute atomic E-state index is 11.9. The van der Waals surface area contributed by atoms with E-state index in [0.29, 0.717) is 24.4 Å². The molecule has 1 aromatic rings. The maximum Gasteiger partial charge on any atom is 0.251 e. The molecule has 0 aliphatic rings. The molecule has 1 amide bonds. The summed E-state index contributed by atoms with van der Waals surface area (Å²) in [6.07, 6.45) is 0.0188. The van der Waals surface area contributed by atoms with Crippen molar-refractivity contribution in [1.29, 1.82) is 0 Å². The largest absolute Gasteiger partial charge is 0.398 e. The van der Waals surface area contributed by atoms with Crippen LogP contribution in [0.25, 0.3) is 0 Å². The number of hydrogen-bond acceptors (Lipinski definition) is 3. The number of hydrogen-bond donors (Lipinski definition) is 2. The zero-order valence-corrected chi connectivity index (χ0v) is 10.6. The second kappa shape index (κ2) is 6.25. The van der Waals surface area contributed by atoms with Gasteiger partial charge >= 0.3 is 0 Å². The molecule has 0 heterocycles. The van der Waals surface area contributed by atoms with Crippen molar-refractivity contribution in [3.63, 3.8) is 0 Å². The van der Waals surface area contributed by atoms with E-state index in [1.807, 2.05) is 20.8 Å². The number of benzene rings is 1. The van der Waals surface area contributed by atoms with E-state index in [2.05, 4.69) is 5.32 Å². The molecule has 1 aromatic carbocycles. The van der Waals surface area contributed by atoms with Gasteiger partial charge in [0, 0.05) is 24.4 Å². The third-order valence-corrected chi connectivity index (χ3v) is 2.62. The summed E-state index contributed by atoms with van der Waals surface area (Å²) in [6.45, 7) is 6.85. The lowest BCUT2D eigenvalue weighted by atomic mass is 10.1. The first kappa shape index (κ1) is 13.5. The van der Waals surface area contributed by atoms with Gasteiger partial charge in [-0.15, -0.1) is 0 Å². The van der Waals surface area contributed by atoms with E-state index < -0.39 is 0 Å². The highest BCUT2D eigenvalue weighted by Gasteiger charge is 2.11. The molecule has 0 fully saturated rings. The fourth-order valence-electron chi connectivity index (χ4n) is 1.57. The highest BCUT2D eigenvalue weighted by molar-refractivity contribution is 5.96. The van der Waals surface area contributed by atoms with Crippen LogP contribution in [-0.4, -0.2) is 25.2 Å². The maximum atomic E-state index is 11.9. The number of anilines is 1. The van der Waals surface area contributed by atoms with Crippen LogP contribution in [0.3, 0.4) is 0 Å². The average molecular weight is 236 g/mol. The molecule has 0 spiro atoms. The standard InChI is InChI=1S/C13H20N2O2/c1-4-17-9(2)8-15-13(16)11-6-5-7-12(14)10(11)3/h5-7,9H,4,8,14H2,1-3H3,(H,15,16). The number of nitrogens with two attached hydrogens (primary N) is 1. The minimum Gasteiger partial charge on any atom is -0.398 e. The van der Waals surface area contributed by atoms with Crippen LogP contribution >= 0.6 is 0 Å². The van der Waals surface area contributed by atoms with Gasteiger partial charge in [-0.25, -0.2) is 0 Å². The molecule has 17 heavy (non-hydrogen) atoms. The third kappa shape index (κ3) is 3.75. The van der Waals surface area contributed by atoms with E-state index >= 15 is 0 Å². The summed E-state index contributed by atoms with van der Waals surface area (Å²) in [7, 11) is 0. The number of ether oxygens (including phenoxy) is 1. The molecular weight excluding hydrogens is 216 g/mol. The highest BCUT2D eigenvalue weighted by atomic mass is 16.5. The predicted molar refractivity (Wildman–Crippen MR) is 69.0 cm³/mol. The Morgan fingerprint density at radius 3 is 2.88 bits per heavy atom. The van der Waals surface area contributed by atoms with E-state index in [1.165, 1.54) is 0 Å². The lowest BCUT2D eigenvalue weighted by Gasteiger charge is -2.13. The van der Waals surface area contributed by atoms with Gasteiger partial charge < -0.3 is 15.8 Å². The van der Waals surface area contributed by atoms with Crippen molar-refractivity contribution in [2.24, 2.45) is 0 Å². The molecular formula is C13H20N2O2. The molecule has 3 N–H and O–H groups in total. The second-order valence-electron chi connectivity index (χ2n) is 4.00. The molecule has 1 rings (SSSR count). The Morgan fingerprint density at radius 2 is 2.24 bits per heavy atom. The van der Waals surface area contributed by atoms with Crippen LogP contribution in [0.5, 0.6) is 0 Å². The summed E-state index contributed by atoms with van der Waals surface area (Å²) in [5.74, 6) is -0.110. The van der Waals surface area contributed by atoms with Gasteiger partial charge in [-0.1, -0.05) is 6.07 Å². The molecule has 0 aromatic heterocycles. The summed E-state index contributed by atoms with van der Waals surface area (Å²) in [4.78, 5) is 11.9. The summed E-state index contributed by atoms with van der Waals surface area (Å²) in [5.41, 5.74) is 7.83. The van der Waals surface area contributed by atoms with Crippen molar-refractivity contribution < 1.29 is 9.53 Å². The second-order valence-corrected chi connectivity index (χ2v) is 4.00. The zero-order chi connectivity index (χ0) is 12.8. The van der Waals surface area contributed by atoms with Crippen LogP contribution in [0.4, 0.5) is 5.69 Å². The molecule has 0 saturated heterocycles. The number of amides is 1. The molecule has 0 bridgehead atoms. The Morgan fingerprint density at radius 1 is 1.53 bits per heavy atom. The SMILES string of the molecule is CCOC(C)CNC(=O)c1cccc(N)c1C. The normalized spacial score (nSPS) is 12.2. The number of rotatable bonds is 5. The van der Waals surface area contributed by atoms with Crippen molar-refractivity contribution in [1.82, 2.24) is 5.32 Å². The lowest BCUT2D eigenvalue weighted by Crippen LogP contribution is -2.32. The average Bonchev–Trinajstić information content (AvgIpc) is 2.30. The molecule has 0 saturated carbocycles. The minimum absolute atomic E-state index is 0.0188. The zero-order valence-electron chi connectivity index (χ0n) is 10.6. The number of nitrogen functional groups attached to an aromatic ring is 1. The van der Waals surface area contributed by atoms with E-state index in [4.69, 9.17) is 10.5 Å². The molecule has 94 valence electrons. The molecule has 1 atom stereocenters. The van der Waals surface area contributed by atoms with Gasteiger partial charge in [0.1, 0.15) is 0 Å². The summed E-state index contributed by atoms with van der Waals surface area (Å²) < 4.78 is 5.34. The topological polar surface area (TPSA) is 64.3 Å². The van der Waals surface area contributed by atoms with Crippen LogP contribution in [0.15, 0.2) is 18.2 Å². The number of carbonyl (C=O) groups is 1. The Labute approximate surface area is 102 Å².